The van der Waals surface area contributed by atoms with Gasteiger partial charge in [-0.15, -0.1) is 0 Å². The predicted octanol–water partition coefficient (Wildman–Crippen LogP) is 4.03. The third-order valence-corrected chi connectivity index (χ3v) is 3.60. The van der Waals surface area contributed by atoms with E-state index in [1.54, 1.807) is 6.07 Å². The SMILES string of the molecule is O=C(Nc1ccc(I)cc1C(=O)O)c1ccc(F)c(Cl)c1. The summed E-state index contributed by atoms with van der Waals surface area (Å²) in [6.45, 7) is 0. The van der Waals surface area contributed by atoms with Crippen molar-refractivity contribution in [1.82, 2.24) is 0 Å². The summed E-state index contributed by atoms with van der Waals surface area (Å²) in [5, 5.41) is 11.4. The second kappa shape index (κ2) is 6.40. The molecule has 2 aromatic rings. The number of rotatable bonds is 3. The zero-order chi connectivity index (χ0) is 15.6. The van der Waals surface area contributed by atoms with Crippen molar-refractivity contribution in [2.24, 2.45) is 0 Å². The number of carboxylic acid groups (broad SMARTS) is 1. The molecule has 0 spiro atoms. The monoisotopic (exact) mass is 419 g/mol. The van der Waals surface area contributed by atoms with Gasteiger partial charge >= 0.3 is 5.97 Å². The van der Waals surface area contributed by atoms with Crippen molar-refractivity contribution in [3.8, 4) is 0 Å². The summed E-state index contributed by atoms with van der Waals surface area (Å²) in [4.78, 5) is 23.2. The van der Waals surface area contributed by atoms with Gasteiger partial charge in [-0.25, -0.2) is 9.18 Å². The molecule has 2 rings (SSSR count). The first kappa shape index (κ1) is 15.7. The first-order valence-corrected chi connectivity index (χ1v) is 7.13. The Hall–Kier alpha value is -1.67. The maximum atomic E-state index is 13.1. The Kier molecular flexibility index (Phi) is 4.79. The van der Waals surface area contributed by atoms with Crippen LogP contribution < -0.4 is 5.32 Å². The van der Waals surface area contributed by atoms with E-state index in [4.69, 9.17) is 16.7 Å². The van der Waals surface area contributed by atoms with Crippen molar-refractivity contribution in [2.45, 2.75) is 0 Å². The summed E-state index contributed by atoms with van der Waals surface area (Å²) in [5.41, 5.74) is 0.271. The average molecular weight is 420 g/mol. The Morgan fingerprint density at radius 3 is 2.52 bits per heavy atom. The summed E-state index contributed by atoms with van der Waals surface area (Å²) in [6.07, 6.45) is 0. The quantitative estimate of drug-likeness (QED) is 0.738. The van der Waals surface area contributed by atoms with Crippen LogP contribution in [0.2, 0.25) is 5.02 Å². The minimum atomic E-state index is -1.15. The molecule has 2 N–H and O–H groups in total. The van der Waals surface area contributed by atoms with Gasteiger partial charge in [0, 0.05) is 9.13 Å². The molecule has 0 saturated heterocycles. The Labute approximate surface area is 138 Å². The van der Waals surface area contributed by atoms with Crippen LogP contribution in [0.4, 0.5) is 10.1 Å². The van der Waals surface area contributed by atoms with E-state index in [2.05, 4.69) is 5.32 Å². The van der Waals surface area contributed by atoms with Crippen LogP contribution in [-0.4, -0.2) is 17.0 Å². The van der Waals surface area contributed by atoms with Crippen LogP contribution in [0, 0.1) is 9.39 Å². The molecule has 0 bridgehead atoms. The smallest absolute Gasteiger partial charge is 0.337 e. The number of hydrogen-bond acceptors (Lipinski definition) is 2. The van der Waals surface area contributed by atoms with E-state index in [0.717, 1.165) is 9.64 Å². The second-order valence-corrected chi connectivity index (χ2v) is 5.73. The molecule has 0 radical (unpaired) electrons. The van der Waals surface area contributed by atoms with E-state index in [1.807, 2.05) is 22.6 Å². The number of carboxylic acids is 1. The average Bonchev–Trinajstić information content (AvgIpc) is 2.43. The number of amides is 1. The predicted molar refractivity (Wildman–Crippen MR) is 85.5 cm³/mol. The summed E-state index contributed by atoms with van der Waals surface area (Å²) < 4.78 is 13.8. The van der Waals surface area contributed by atoms with Crippen molar-refractivity contribution in [3.05, 3.63) is 61.9 Å². The lowest BCUT2D eigenvalue weighted by Crippen LogP contribution is -2.15. The first-order valence-electron chi connectivity index (χ1n) is 5.67. The van der Waals surface area contributed by atoms with Gasteiger partial charge in [0.2, 0.25) is 0 Å². The van der Waals surface area contributed by atoms with Gasteiger partial charge in [0.1, 0.15) is 5.82 Å². The van der Waals surface area contributed by atoms with E-state index in [1.165, 1.54) is 24.3 Å². The third-order valence-electron chi connectivity index (χ3n) is 2.64. The van der Waals surface area contributed by atoms with Crippen molar-refractivity contribution in [2.75, 3.05) is 5.32 Å². The van der Waals surface area contributed by atoms with Crippen molar-refractivity contribution < 1.29 is 19.1 Å². The second-order valence-electron chi connectivity index (χ2n) is 4.08. The van der Waals surface area contributed by atoms with Crippen molar-refractivity contribution in [3.63, 3.8) is 0 Å². The minimum absolute atomic E-state index is 0.0246. The first-order chi connectivity index (χ1) is 9.88. The van der Waals surface area contributed by atoms with E-state index < -0.39 is 17.7 Å². The fourth-order valence-electron chi connectivity index (χ4n) is 1.63. The third kappa shape index (κ3) is 3.70. The summed E-state index contributed by atoms with van der Waals surface area (Å²) in [6, 6.07) is 8.12. The standard InChI is InChI=1S/C14H8ClFINO3/c15-10-5-7(1-3-11(10)16)13(19)18-12-4-2-8(17)6-9(12)14(20)21/h1-6H,(H,18,19)(H,20,21). The molecule has 0 unspecified atom stereocenters. The molecular formula is C14H8ClFINO3. The highest BCUT2D eigenvalue weighted by Crippen LogP contribution is 2.21. The van der Waals surface area contributed by atoms with Crippen LogP contribution >= 0.6 is 34.2 Å². The molecule has 21 heavy (non-hydrogen) atoms. The number of anilines is 1. The fourth-order valence-corrected chi connectivity index (χ4v) is 2.31. The van der Waals surface area contributed by atoms with Gasteiger partial charge in [0.25, 0.3) is 5.91 Å². The Balaban J connectivity index is 2.31. The summed E-state index contributed by atoms with van der Waals surface area (Å²) in [7, 11) is 0. The molecular weight excluding hydrogens is 412 g/mol. The van der Waals surface area contributed by atoms with Crippen LogP contribution in [0.25, 0.3) is 0 Å². The molecule has 0 aromatic heterocycles. The van der Waals surface area contributed by atoms with Gasteiger partial charge in [-0.3, -0.25) is 4.79 Å². The molecule has 0 aliphatic carbocycles. The number of carbonyl (C=O) groups excluding carboxylic acids is 1. The molecule has 0 fully saturated rings. The maximum absolute atomic E-state index is 13.1. The lowest BCUT2D eigenvalue weighted by molar-refractivity contribution is 0.0698. The molecule has 0 atom stereocenters. The number of hydrogen-bond donors (Lipinski definition) is 2. The van der Waals surface area contributed by atoms with E-state index in [0.29, 0.717) is 0 Å². The van der Waals surface area contributed by atoms with Crippen LogP contribution in [-0.2, 0) is 0 Å². The van der Waals surface area contributed by atoms with Gasteiger partial charge in [-0.1, -0.05) is 11.6 Å². The molecule has 7 heteroatoms. The van der Waals surface area contributed by atoms with Crippen LogP contribution in [0.3, 0.4) is 0 Å². The number of nitrogens with one attached hydrogen (secondary N) is 1. The molecule has 2 aromatic carbocycles. The largest absolute Gasteiger partial charge is 0.478 e. The van der Waals surface area contributed by atoms with Gasteiger partial charge in [0.15, 0.2) is 0 Å². The summed E-state index contributed by atoms with van der Waals surface area (Å²) >= 11 is 7.59. The van der Waals surface area contributed by atoms with Gasteiger partial charge in [-0.05, 0) is 59.0 Å². The van der Waals surface area contributed by atoms with Crippen LogP contribution in [0.5, 0.6) is 0 Å². The van der Waals surface area contributed by atoms with Crippen LogP contribution in [0.1, 0.15) is 20.7 Å². The molecule has 0 saturated carbocycles. The molecule has 4 nitrogen and oxygen atoms in total. The molecule has 108 valence electrons. The number of aromatic carboxylic acids is 1. The maximum Gasteiger partial charge on any atom is 0.337 e. The molecule has 0 aliphatic rings. The van der Waals surface area contributed by atoms with E-state index in [9.17, 15) is 14.0 Å². The number of carbonyl (C=O) groups is 2. The topological polar surface area (TPSA) is 66.4 Å². The van der Waals surface area contributed by atoms with Gasteiger partial charge in [0.05, 0.1) is 16.3 Å². The van der Waals surface area contributed by atoms with Crippen molar-refractivity contribution >= 4 is 51.8 Å². The van der Waals surface area contributed by atoms with Crippen molar-refractivity contribution in [1.29, 1.82) is 0 Å². The number of halogens is 3. The zero-order valence-electron chi connectivity index (χ0n) is 10.4. The normalized spacial score (nSPS) is 10.2. The van der Waals surface area contributed by atoms with Gasteiger partial charge in [-0.2, -0.15) is 0 Å². The Morgan fingerprint density at radius 1 is 1.19 bits per heavy atom. The lowest BCUT2D eigenvalue weighted by atomic mass is 10.1. The molecule has 0 heterocycles. The Bertz CT molecular complexity index is 736. The molecule has 0 aliphatic heterocycles. The number of benzene rings is 2. The molecule has 1 amide bonds. The summed E-state index contributed by atoms with van der Waals surface area (Å²) in [5.74, 6) is -2.35. The highest BCUT2D eigenvalue weighted by atomic mass is 127. The Morgan fingerprint density at radius 2 is 1.90 bits per heavy atom. The van der Waals surface area contributed by atoms with Gasteiger partial charge < -0.3 is 10.4 Å². The van der Waals surface area contributed by atoms with Crippen LogP contribution in [0.15, 0.2) is 36.4 Å². The lowest BCUT2D eigenvalue weighted by Gasteiger charge is -2.09. The van der Waals surface area contributed by atoms with E-state index >= 15 is 0 Å². The minimum Gasteiger partial charge on any atom is -0.478 e. The fraction of sp³-hybridized carbons (Fsp3) is 0. The zero-order valence-corrected chi connectivity index (χ0v) is 13.3. The highest BCUT2D eigenvalue weighted by Gasteiger charge is 2.15. The highest BCUT2D eigenvalue weighted by molar-refractivity contribution is 14.1. The van der Waals surface area contributed by atoms with E-state index in [-0.39, 0.29) is 21.8 Å².